The van der Waals surface area contributed by atoms with E-state index in [9.17, 15) is 24.3 Å². The second kappa shape index (κ2) is 16.5. The predicted molar refractivity (Wildman–Crippen MR) is 215 cm³/mol. The van der Waals surface area contributed by atoms with Gasteiger partial charge >= 0.3 is 11.9 Å². The van der Waals surface area contributed by atoms with Crippen molar-refractivity contribution in [3.63, 3.8) is 0 Å². The molecule has 15 nitrogen and oxygen atoms in total. The van der Waals surface area contributed by atoms with E-state index >= 15 is 0 Å². The summed E-state index contributed by atoms with van der Waals surface area (Å²) in [5.41, 5.74) is 9.29. The SMILES string of the molecule is CCOC(=O)c1cn2ncnc(Nc3cc(C(=O)O)ccc3C)c2c1C.CNC(=O)c1ccc(C)c(Nc2ncnn3cc(C(=O)c4ccccc4C)c(C)c23)c1. The quantitative estimate of drug-likeness (QED) is 0.0828. The normalized spacial score (nSPS) is 10.8. The highest BCUT2D eigenvalue weighted by molar-refractivity contribution is 6.12. The van der Waals surface area contributed by atoms with Gasteiger partial charge in [0, 0.05) is 47.5 Å². The summed E-state index contributed by atoms with van der Waals surface area (Å²) in [4.78, 5) is 57.2. The Morgan fingerprint density at radius 3 is 1.75 bits per heavy atom. The number of carbonyl (C=O) groups is 4. The highest BCUT2D eigenvalue weighted by Crippen LogP contribution is 2.30. The van der Waals surface area contributed by atoms with Gasteiger partial charge in [0.2, 0.25) is 0 Å². The molecule has 0 aliphatic rings. The lowest BCUT2D eigenvalue weighted by molar-refractivity contribution is 0.0524. The molecule has 7 aromatic rings. The molecule has 0 saturated carbocycles. The van der Waals surface area contributed by atoms with Gasteiger partial charge in [-0.15, -0.1) is 0 Å². The first kappa shape index (κ1) is 39.3. The number of amides is 1. The number of hydrogen-bond acceptors (Lipinski definition) is 11. The number of ketones is 1. The Labute approximate surface area is 327 Å². The molecule has 57 heavy (non-hydrogen) atoms. The zero-order chi connectivity index (χ0) is 41.0. The molecule has 0 aliphatic heterocycles. The number of carbonyl (C=O) groups excluding carboxylic acids is 3. The fourth-order valence-electron chi connectivity index (χ4n) is 6.31. The topological polar surface area (TPSA) is 194 Å². The van der Waals surface area contributed by atoms with Crippen molar-refractivity contribution in [1.82, 2.24) is 34.5 Å². The van der Waals surface area contributed by atoms with Gasteiger partial charge in [-0.05, 0) is 93.6 Å². The summed E-state index contributed by atoms with van der Waals surface area (Å²) in [6.45, 7) is 11.4. The second-order valence-electron chi connectivity index (χ2n) is 13.2. The van der Waals surface area contributed by atoms with E-state index in [0.29, 0.717) is 56.2 Å². The highest BCUT2D eigenvalue weighted by Gasteiger charge is 2.22. The minimum Gasteiger partial charge on any atom is -0.478 e. The van der Waals surface area contributed by atoms with E-state index in [1.807, 2.05) is 58.0 Å². The fourth-order valence-corrected chi connectivity index (χ4v) is 6.31. The molecule has 0 bridgehead atoms. The molecular formula is C42H41N9O6. The van der Waals surface area contributed by atoms with Gasteiger partial charge in [0.15, 0.2) is 17.4 Å². The van der Waals surface area contributed by atoms with Crippen molar-refractivity contribution in [3.8, 4) is 0 Å². The first-order valence-corrected chi connectivity index (χ1v) is 18.0. The van der Waals surface area contributed by atoms with Crippen molar-refractivity contribution in [3.05, 3.63) is 141 Å². The summed E-state index contributed by atoms with van der Waals surface area (Å²) in [7, 11) is 1.60. The van der Waals surface area contributed by atoms with Gasteiger partial charge in [-0.1, -0.05) is 36.4 Å². The van der Waals surface area contributed by atoms with E-state index < -0.39 is 11.9 Å². The van der Waals surface area contributed by atoms with Crippen LogP contribution in [0.3, 0.4) is 0 Å². The zero-order valence-electron chi connectivity index (χ0n) is 32.5. The predicted octanol–water partition coefficient (Wildman–Crippen LogP) is 6.95. The highest BCUT2D eigenvalue weighted by atomic mass is 16.5. The molecule has 7 rings (SSSR count). The molecule has 15 heteroatoms. The van der Waals surface area contributed by atoms with Gasteiger partial charge in [-0.2, -0.15) is 10.2 Å². The average Bonchev–Trinajstić information content (AvgIpc) is 3.73. The Bertz CT molecular complexity index is 2700. The molecule has 4 N–H and O–H groups in total. The number of anilines is 4. The number of nitrogens with one attached hydrogen (secondary N) is 3. The summed E-state index contributed by atoms with van der Waals surface area (Å²) in [5, 5.41) is 26.7. The maximum absolute atomic E-state index is 13.2. The Morgan fingerprint density at radius 2 is 1.21 bits per heavy atom. The molecular weight excluding hydrogens is 727 g/mol. The lowest BCUT2D eigenvalue weighted by Gasteiger charge is -2.12. The molecule has 0 atom stereocenters. The van der Waals surface area contributed by atoms with Crippen LogP contribution in [0, 0.1) is 34.6 Å². The number of aryl methyl sites for hydroxylation is 5. The van der Waals surface area contributed by atoms with Gasteiger partial charge in [-0.3, -0.25) is 9.59 Å². The summed E-state index contributed by atoms with van der Waals surface area (Å²) in [6.07, 6.45) is 6.13. The lowest BCUT2D eigenvalue weighted by atomic mass is 9.98. The Hall–Kier alpha value is -7.42. The van der Waals surface area contributed by atoms with E-state index in [4.69, 9.17) is 4.74 Å². The largest absolute Gasteiger partial charge is 0.478 e. The number of hydrogen-bond donors (Lipinski definition) is 4. The maximum Gasteiger partial charge on any atom is 0.340 e. The van der Waals surface area contributed by atoms with Gasteiger partial charge < -0.3 is 25.8 Å². The van der Waals surface area contributed by atoms with Crippen LogP contribution in [0.4, 0.5) is 23.0 Å². The number of carboxylic acids is 1. The van der Waals surface area contributed by atoms with Crippen LogP contribution in [-0.4, -0.2) is 71.6 Å². The van der Waals surface area contributed by atoms with Crippen LogP contribution in [0.25, 0.3) is 11.0 Å². The van der Waals surface area contributed by atoms with E-state index in [-0.39, 0.29) is 23.9 Å². The minimum absolute atomic E-state index is 0.0511. The van der Waals surface area contributed by atoms with Crippen LogP contribution in [0.1, 0.15) is 81.7 Å². The number of fused-ring (bicyclic) bond motifs is 2. The summed E-state index contributed by atoms with van der Waals surface area (Å²) < 4.78 is 8.28. The molecule has 4 aromatic heterocycles. The molecule has 3 aromatic carbocycles. The minimum atomic E-state index is -1.01. The van der Waals surface area contributed by atoms with Gasteiger partial charge in [0.1, 0.15) is 23.7 Å². The molecule has 0 radical (unpaired) electrons. The van der Waals surface area contributed by atoms with Crippen LogP contribution < -0.4 is 16.0 Å². The summed E-state index contributed by atoms with van der Waals surface area (Å²) in [5.74, 6) is -0.618. The number of nitrogens with zero attached hydrogens (tertiary/aromatic N) is 6. The third kappa shape index (κ3) is 8.03. The maximum atomic E-state index is 13.2. The molecule has 0 unspecified atom stereocenters. The standard InChI is InChI=1S/C24H23N5O2.C18H18N4O4/c1-14-7-5-6-8-18(14)22(30)19-12-29-21(16(19)3)23(26-13-27-29)28-20-11-17(24(31)25-4)10-9-15(20)2;1-4-26-18(25)13-8-22-15(11(13)3)16(19-9-20-22)21-14-7-12(17(23)24)6-5-10(14)2/h5-13H,1-4H3,(H,25,31)(H,26,27,28);5-9H,4H2,1-3H3,(H,23,24)(H,19,20,21). The molecule has 1 amide bonds. The number of rotatable bonds is 10. The van der Waals surface area contributed by atoms with Gasteiger partial charge in [0.25, 0.3) is 5.91 Å². The van der Waals surface area contributed by atoms with Crippen molar-refractivity contribution in [2.24, 2.45) is 0 Å². The van der Waals surface area contributed by atoms with Gasteiger partial charge in [0.05, 0.1) is 17.7 Å². The second-order valence-corrected chi connectivity index (χ2v) is 13.2. The Balaban J connectivity index is 0.000000196. The number of esters is 1. The van der Waals surface area contributed by atoms with Crippen LogP contribution >= 0.6 is 0 Å². The first-order chi connectivity index (χ1) is 27.3. The van der Waals surface area contributed by atoms with E-state index in [1.165, 1.54) is 12.7 Å². The van der Waals surface area contributed by atoms with Crippen LogP contribution in [-0.2, 0) is 4.74 Å². The molecule has 4 heterocycles. The van der Waals surface area contributed by atoms with E-state index in [1.54, 1.807) is 72.7 Å². The molecule has 0 spiro atoms. The Kier molecular flexibility index (Phi) is 11.4. The fraction of sp³-hybridized carbons (Fsp3) is 0.190. The third-order valence-corrected chi connectivity index (χ3v) is 9.50. The monoisotopic (exact) mass is 767 g/mol. The van der Waals surface area contributed by atoms with Crippen molar-refractivity contribution in [1.29, 1.82) is 0 Å². The number of benzene rings is 3. The van der Waals surface area contributed by atoms with E-state index in [2.05, 4.69) is 36.1 Å². The van der Waals surface area contributed by atoms with Crippen molar-refractivity contribution >= 4 is 57.7 Å². The number of aromatic nitrogens is 6. The first-order valence-electron chi connectivity index (χ1n) is 18.0. The van der Waals surface area contributed by atoms with Crippen LogP contribution in [0.15, 0.2) is 85.7 Å². The molecule has 0 fully saturated rings. The third-order valence-electron chi connectivity index (χ3n) is 9.50. The number of ether oxygens (including phenoxy) is 1. The average molecular weight is 768 g/mol. The van der Waals surface area contributed by atoms with Crippen molar-refractivity contribution in [2.45, 2.75) is 41.5 Å². The Morgan fingerprint density at radius 1 is 0.684 bits per heavy atom. The lowest BCUT2D eigenvalue weighted by Crippen LogP contribution is -2.17. The molecule has 290 valence electrons. The number of aromatic carboxylic acids is 1. The molecule has 0 saturated heterocycles. The van der Waals surface area contributed by atoms with Gasteiger partial charge in [-0.25, -0.2) is 28.6 Å². The van der Waals surface area contributed by atoms with Crippen molar-refractivity contribution < 1.29 is 29.0 Å². The van der Waals surface area contributed by atoms with Crippen LogP contribution in [0.5, 0.6) is 0 Å². The summed E-state index contributed by atoms with van der Waals surface area (Å²) in [6, 6.07) is 17.8. The van der Waals surface area contributed by atoms with Crippen LogP contribution in [0.2, 0.25) is 0 Å². The number of carboxylic acid groups (broad SMARTS) is 1. The smallest absolute Gasteiger partial charge is 0.340 e. The van der Waals surface area contributed by atoms with E-state index in [0.717, 1.165) is 27.9 Å². The van der Waals surface area contributed by atoms with Crippen molar-refractivity contribution in [2.75, 3.05) is 24.3 Å². The summed E-state index contributed by atoms with van der Waals surface area (Å²) >= 11 is 0. The molecule has 0 aliphatic carbocycles. The zero-order valence-corrected chi connectivity index (χ0v) is 32.5.